The van der Waals surface area contributed by atoms with E-state index in [9.17, 15) is 9.59 Å². The number of halogens is 1. The number of hydrazone groups is 1. The molecule has 1 heterocycles. The van der Waals surface area contributed by atoms with Gasteiger partial charge in [0.1, 0.15) is 5.75 Å². The average Bonchev–Trinajstić information content (AvgIpc) is 3.49. The minimum atomic E-state index is -0.332. The minimum absolute atomic E-state index is 0.112. The van der Waals surface area contributed by atoms with E-state index in [1.165, 1.54) is 17.6 Å². The molecule has 0 fully saturated rings. The number of hydrogen-bond acceptors (Lipinski definition) is 7. The molecule has 0 aliphatic carbocycles. The van der Waals surface area contributed by atoms with E-state index < -0.39 is 0 Å². The number of nitrogens with one attached hydrogen (secondary N) is 3. The van der Waals surface area contributed by atoms with E-state index in [-0.39, 0.29) is 18.4 Å². The summed E-state index contributed by atoms with van der Waals surface area (Å²) in [6.45, 7) is 3.85. The number of rotatable bonds is 10. The molecule has 0 radical (unpaired) electrons. The lowest BCUT2D eigenvalue weighted by Crippen LogP contribution is -2.20. The van der Waals surface area contributed by atoms with E-state index in [2.05, 4.69) is 26.1 Å². The molecule has 0 atom stereocenters. The van der Waals surface area contributed by atoms with Crippen molar-refractivity contribution in [3.05, 3.63) is 124 Å². The third-order valence-electron chi connectivity index (χ3n) is 6.55. The Kier molecular flexibility index (Phi) is 9.46. The Morgan fingerprint density at radius 2 is 1.70 bits per heavy atom. The summed E-state index contributed by atoms with van der Waals surface area (Å²) < 4.78 is 5.60. The second kappa shape index (κ2) is 13.8. The fraction of sp³-hybridized carbons (Fsp3) is 0.0909. The smallest absolute Gasteiger partial charge is 0.271 e. The highest BCUT2D eigenvalue weighted by Crippen LogP contribution is 2.28. The Labute approximate surface area is 258 Å². The van der Waals surface area contributed by atoms with Crippen LogP contribution in [0.1, 0.15) is 27.0 Å². The summed E-state index contributed by atoms with van der Waals surface area (Å²) >= 11 is 7.43. The Morgan fingerprint density at radius 3 is 2.44 bits per heavy atom. The maximum absolute atomic E-state index is 12.6. The molecule has 0 aliphatic heterocycles. The normalized spacial score (nSPS) is 10.9. The van der Waals surface area contributed by atoms with Crippen molar-refractivity contribution in [3.63, 3.8) is 0 Å². The summed E-state index contributed by atoms with van der Waals surface area (Å²) in [5, 5.41) is 13.6. The van der Waals surface area contributed by atoms with E-state index in [4.69, 9.17) is 16.3 Å². The number of anilines is 3. The number of benzene rings is 4. The highest BCUT2D eigenvalue weighted by Gasteiger charge is 2.09. The van der Waals surface area contributed by atoms with Crippen LogP contribution in [0.3, 0.4) is 0 Å². The second-order valence-electron chi connectivity index (χ2n) is 9.60. The molecule has 0 saturated heterocycles. The molecular weight excluding hydrogens is 582 g/mol. The van der Waals surface area contributed by atoms with Gasteiger partial charge in [-0.3, -0.25) is 9.59 Å². The molecule has 0 bridgehead atoms. The van der Waals surface area contributed by atoms with Crippen molar-refractivity contribution >= 4 is 57.5 Å². The van der Waals surface area contributed by atoms with Crippen LogP contribution in [0.25, 0.3) is 11.3 Å². The first-order valence-corrected chi connectivity index (χ1v) is 14.6. The first kappa shape index (κ1) is 29.5. The van der Waals surface area contributed by atoms with Crippen LogP contribution < -0.4 is 20.8 Å². The van der Waals surface area contributed by atoms with Crippen LogP contribution in [0.5, 0.6) is 5.75 Å². The standard InChI is InChI=1S/C33H28ClN5O3S/c1-21-4-3-5-29(22(21)2)37-31(40)19-42-28-16-6-23(7-17-28)18-35-39-32(41)25-10-8-24(9-11-25)30-20-43-33(38-30)36-27-14-12-26(34)13-15-27/h3-18,20H,19H2,1-2H3,(H,36,38)(H,37,40)(H,39,41)/b35-18-. The van der Waals surface area contributed by atoms with Gasteiger partial charge in [-0.2, -0.15) is 5.10 Å². The monoisotopic (exact) mass is 609 g/mol. The van der Waals surface area contributed by atoms with Gasteiger partial charge in [0.25, 0.3) is 11.8 Å². The fourth-order valence-electron chi connectivity index (χ4n) is 4.01. The second-order valence-corrected chi connectivity index (χ2v) is 10.9. The average molecular weight is 610 g/mol. The van der Waals surface area contributed by atoms with Crippen LogP contribution in [0.15, 0.2) is 101 Å². The van der Waals surface area contributed by atoms with Crippen molar-refractivity contribution in [2.45, 2.75) is 13.8 Å². The van der Waals surface area contributed by atoms with Crippen molar-refractivity contribution in [2.24, 2.45) is 5.10 Å². The van der Waals surface area contributed by atoms with Crippen LogP contribution in [0.4, 0.5) is 16.5 Å². The van der Waals surface area contributed by atoms with Crippen molar-refractivity contribution in [3.8, 4) is 17.0 Å². The lowest BCUT2D eigenvalue weighted by atomic mass is 10.1. The lowest BCUT2D eigenvalue weighted by molar-refractivity contribution is -0.118. The third-order valence-corrected chi connectivity index (χ3v) is 7.56. The number of carbonyl (C=O) groups excluding carboxylic acids is 2. The summed E-state index contributed by atoms with van der Waals surface area (Å²) in [4.78, 5) is 29.5. The van der Waals surface area contributed by atoms with Crippen LogP contribution in [0.2, 0.25) is 5.02 Å². The molecule has 0 spiro atoms. The van der Waals surface area contributed by atoms with Gasteiger partial charge in [-0.1, -0.05) is 35.9 Å². The van der Waals surface area contributed by atoms with Gasteiger partial charge < -0.3 is 15.4 Å². The summed E-state index contributed by atoms with van der Waals surface area (Å²) in [5.41, 5.74) is 9.28. The molecule has 43 heavy (non-hydrogen) atoms. The van der Waals surface area contributed by atoms with Gasteiger partial charge >= 0.3 is 0 Å². The number of hydrogen-bond donors (Lipinski definition) is 3. The lowest BCUT2D eigenvalue weighted by Gasteiger charge is -2.11. The first-order valence-electron chi connectivity index (χ1n) is 13.3. The molecule has 10 heteroatoms. The zero-order valence-corrected chi connectivity index (χ0v) is 25.0. The number of aryl methyl sites for hydroxylation is 1. The number of thiazole rings is 1. The molecule has 5 aromatic rings. The first-order chi connectivity index (χ1) is 20.8. The zero-order valence-electron chi connectivity index (χ0n) is 23.4. The van der Waals surface area contributed by atoms with E-state index >= 15 is 0 Å². The molecule has 1 aromatic heterocycles. The SMILES string of the molecule is Cc1cccc(NC(=O)COc2ccc(/C=N\NC(=O)c3ccc(-c4csc(Nc5ccc(Cl)cc5)n4)cc3)cc2)c1C. The van der Waals surface area contributed by atoms with E-state index in [1.807, 2.05) is 73.8 Å². The van der Waals surface area contributed by atoms with Crippen LogP contribution in [-0.2, 0) is 4.79 Å². The molecular formula is C33H28ClN5O3S. The highest BCUT2D eigenvalue weighted by atomic mass is 35.5. The van der Waals surface area contributed by atoms with E-state index in [0.29, 0.717) is 16.3 Å². The third kappa shape index (κ3) is 8.06. The molecule has 5 rings (SSSR count). The van der Waals surface area contributed by atoms with E-state index in [1.54, 1.807) is 36.4 Å². The predicted octanol–water partition coefficient (Wildman–Crippen LogP) is 7.61. The summed E-state index contributed by atoms with van der Waals surface area (Å²) in [6.07, 6.45) is 1.54. The number of carbonyl (C=O) groups is 2. The molecule has 4 aromatic carbocycles. The molecule has 0 saturated carbocycles. The van der Waals surface area contributed by atoms with Gasteiger partial charge in [0, 0.05) is 32.9 Å². The molecule has 2 amide bonds. The maximum atomic E-state index is 12.6. The van der Waals surface area contributed by atoms with Gasteiger partial charge in [-0.05, 0) is 97.3 Å². The maximum Gasteiger partial charge on any atom is 0.271 e. The summed E-state index contributed by atoms with van der Waals surface area (Å²) in [5.74, 6) is -0.0241. The van der Waals surface area contributed by atoms with E-state index in [0.717, 1.165) is 44.5 Å². The van der Waals surface area contributed by atoms with Gasteiger partial charge in [0.05, 0.1) is 11.9 Å². The Bertz CT molecular complexity index is 1750. The molecule has 8 nitrogen and oxygen atoms in total. The van der Waals surface area contributed by atoms with Crippen molar-refractivity contribution in [1.82, 2.24) is 10.4 Å². The van der Waals surface area contributed by atoms with Crippen LogP contribution in [0, 0.1) is 13.8 Å². The topological polar surface area (TPSA) is 105 Å². The summed E-state index contributed by atoms with van der Waals surface area (Å²) in [6, 6.07) is 27.4. The number of ether oxygens (including phenoxy) is 1. The van der Waals surface area contributed by atoms with Crippen molar-refractivity contribution in [1.29, 1.82) is 0 Å². The fourth-order valence-corrected chi connectivity index (χ4v) is 4.88. The van der Waals surface area contributed by atoms with Crippen LogP contribution >= 0.6 is 22.9 Å². The van der Waals surface area contributed by atoms with Crippen molar-refractivity contribution < 1.29 is 14.3 Å². The minimum Gasteiger partial charge on any atom is -0.484 e. The Hall–Kier alpha value is -4.99. The number of nitrogens with zero attached hydrogens (tertiary/aromatic N) is 2. The number of aromatic nitrogens is 1. The quantitative estimate of drug-likeness (QED) is 0.112. The van der Waals surface area contributed by atoms with Crippen LogP contribution in [-0.4, -0.2) is 29.6 Å². The molecule has 3 N–H and O–H groups in total. The molecule has 216 valence electrons. The van der Waals surface area contributed by atoms with Gasteiger partial charge in [0.2, 0.25) is 0 Å². The predicted molar refractivity (Wildman–Crippen MR) is 174 cm³/mol. The summed E-state index contributed by atoms with van der Waals surface area (Å²) in [7, 11) is 0. The Balaban J connectivity index is 1.08. The zero-order chi connectivity index (χ0) is 30.2. The van der Waals surface area contributed by atoms with Gasteiger partial charge in [0.15, 0.2) is 11.7 Å². The number of amides is 2. The molecule has 0 aliphatic rings. The largest absolute Gasteiger partial charge is 0.484 e. The Morgan fingerprint density at radius 1 is 0.953 bits per heavy atom. The highest BCUT2D eigenvalue weighted by molar-refractivity contribution is 7.14. The van der Waals surface area contributed by atoms with Crippen molar-refractivity contribution in [2.75, 3.05) is 17.2 Å². The van der Waals surface area contributed by atoms with Gasteiger partial charge in [-0.15, -0.1) is 11.3 Å². The molecule has 0 unspecified atom stereocenters. The van der Waals surface area contributed by atoms with Gasteiger partial charge in [-0.25, -0.2) is 10.4 Å².